The summed E-state index contributed by atoms with van der Waals surface area (Å²) in [5.41, 5.74) is 3.88. The predicted octanol–water partition coefficient (Wildman–Crippen LogP) is 0.396. The quantitative estimate of drug-likeness (QED) is 0.313. The normalized spacial score (nSPS) is 11.3. The maximum atomic E-state index is 11.5. The van der Waals surface area contributed by atoms with Gasteiger partial charge in [0.05, 0.1) is 11.0 Å². The van der Waals surface area contributed by atoms with Crippen molar-refractivity contribution in [2.24, 2.45) is 5.84 Å². The molecule has 19 heavy (non-hydrogen) atoms. The van der Waals surface area contributed by atoms with Crippen molar-refractivity contribution in [2.45, 2.75) is 11.7 Å². The number of nitrogens with two attached hydrogens (primary N) is 1. The van der Waals surface area contributed by atoms with Crippen molar-refractivity contribution in [3.63, 3.8) is 0 Å². The molecule has 0 radical (unpaired) electrons. The number of nitrogens with zero attached hydrogens (tertiary/aromatic N) is 4. The molecule has 0 fully saturated rings. The molecule has 0 bridgehead atoms. The smallest absolute Gasteiger partial charge is 0.254 e. The summed E-state index contributed by atoms with van der Waals surface area (Å²) in [4.78, 5) is 16.0. The summed E-state index contributed by atoms with van der Waals surface area (Å²) in [5.74, 6) is 5.48. The van der Waals surface area contributed by atoms with Crippen LogP contribution in [0, 0.1) is 0 Å². The minimum atomic E-state index is -0.290. The predicted molar refractivity (Wildman–Crippen MR) is 72.6 cm³/mol. The van der Waals surface area contributed by atoms with Crippen LogP contribution in [0.1, 0.15) is 0 Å². The van der Waals surface area contributed by atoms with Gasteiger partial charge in [-0.05, 0) is 18.4 Å². The fourth-order valence-electron chi connectivity index (χ4n) is 1.98. The first-order valence-electron chi connectivity index (χ1n) is 5.62. The van der Waals surface area contributed by atoms with Crippen LogP contribution in [0.3, 0.4) is 0 Å². The van der Waals surface area contributed by atoms with Gasteiger partial charge in [0.15, 0.2) is 5.16 Å². The van der Waals surface area contributed by atoms with Crippen LogP contribution in [0.2, 0.25) is 0 Å². The molecule has 0 atom stereocenters. The van der Waals surface area contributed by atoms with Crippen molar-refractivity contribution in [3.05, 3.63) is 24.3 Å². The number of para-hydroxylation sites is 2. The van der Waals surface area contributed by atoms with Gasteiger partial charge in [-0.1, -0.05) is 23.9 Å². The second-order valence-electron chi connectivity index (χ2n) is 3.95. The minimum Gasteiger partial charge on any atom is -0.293 e. The lowest BCUT2D eigenvalue weighted by Gasteiger charge is -2.03. The van der Waals surface area contributed by atoms with Crippen molar-refractivity contribution in [3.8, 4) is 0 Å². The van der Waals surface area contributed by atoms with E-state index in [9.17, 15) is 4.79 Å². The van der Waals surface area contributed by atoms with Crippen molar-refractivity contribution in [1.29, 1.82) is 0 Å². The van der Waals surface area contributed by atoms with Gasteiger partial charge in [0.25, 0.3) is 5.91 Å². The van der Waals surface area contributed by atoms with Gasteiger partial charge in [0.1, 0.15) is 6.54 Å². The van der Waals surface area contributed by atoms with Gasteiger partial charge in [-0.25, -0.2) is 10.8 Å². The number of hydrogen-bond donors (Lipinski definition) is 2. The third kappa shape index (κ3) is 1.85. The molecule has 3 rings (SSSR count). The Morgan fingerprint density at radius 2 is 2.26 bits per heavy atom. The number of hydrogen-bond acceptors (Lipinski definition) is 5. The zero-order valence-electron chi connectivity index (χ0n) is 10.2. The van der Waals surface area contributed by atoms with Crippen molar-refractivity contribution in [1.82, 2.24) is 24.6 Å². The highest BCUT2D eigenvalue weighted by molar-refractivity contribution is 7.98. The Hall–Kier alpha value is -2.06. The van der Waals surface area contributed by atoms with E-state index >= 15 is 0 Å². The number of imidazole rings is 1. The molecular weight excluding hydrogens is 264 g/mol. The number of thioether (sulfide) groups is 1. The van der Waals surface area contributed by atoms with Crippen LogP contribution in [0.15, 0.2) is 29.4 Å². The Kier molecular flexibility index (Phi) is 2.88. The van der Waals surface area contributed by atoms with E-state index in [1.54, 1.807) is 9.08 Å². The molecule has 8 heteroatoms. The largest absolute Gasteiger partial charge is 0.293 e. The van der Waals surface area contributed by atoms with E-state index in [1.807, 2.05) is 30.5 Å². The molecule has 1 amide bonds. The number of benzene rings is 1. The maximum absolute atomic E-state index is 11.5. The molecule has 0 saturated carbocycles. The molecule has 0 saturated heterocycles. The van der Waals surface area contributed by atoms with Crippen LogP contribution in [0.25, 0.3) is 16.8 Å². The van der Waals surface area contributed by atoms with Crippen molar-refractivity contribution < 1.29 is 4.79 Å². The van der Waals surface area contributed by atoms with Crippen LogP contribution in [-0.2, 0) is 11.3 Å². The summed E-state index contributed by atoms with van der Waals surface area (Å²) in [6.45, 7) is 0.0967. The molecule has 0 unspecified atom stereocenters. The maximum Gasteiger partial charge on any atom is 0.254 e. The number of carbonyl (C=O) groups is 1. The number of fused-ring (bicyclic) bond motifs is 3. The molecule has 0 aliphatic heterocycles. The first-order valence-corrected chi connectivity index (χ1v) is 6.84. The Morgan fingerprint density at radius 1 is 1.47 bits per heavy atom. The number of amides is 1. The molecule has 2 heterocycles. The van der Waals surface area contributed by atoms with Crippen molar-refractivity contribution in [2.75, 3.05) is 6.26 Å². The summed E-state index contributed by atoms with van der Waals surface area (Å²) in [7, 11) is 0. The van der Waals surface area contributed by atoms with E-state index in [4.69, 9.17) is 5.84 Å². The summed E-state index contributed by atoms with van der Waals surface area (Å²) >= 11 is 1.46. The number of aromatic nitrogens is 4. The van der Waals surface area contributed by atoms with E-state index in [0.717, 1.165) is 16.2 Å². The van der Waals surface area contributed by atoms with Gasteiger partial charge >= 0.3 is 0 Å². The molecule has 3 aromatic rings. The van der Waals surface area contributed by atoms with Crippen molar-refractivity contribution >= 4 is 34.5 Å². The van der Waals surface area contributed by atoms with Crippen LogP contribution < -0.4 is 11.3 Å². The van der Waals surface area contributed by atoms with Gasteiger partial charge in [0, 0.05) is 0 Å². The van der Waals surface area contributed by atoms with Gasteiger partial charge < -0.3 is 0 Å². The SMILES string of the molecule is CSc1nn2c3ccccc3nc2n1CC(=O)NN. The summed E-state index contributed by atoms with van der Waals surface area (Å²) in [6, 6.07) is 7.71. The third-order valence-corrected chi connectivity index (χ3v) is 3.49. The molecule has 1 aromatic carbocycles. The highest BCUT2D eigenvalue weighted by Crippen LogP contribution is 2.21. The van der Waals surface area contributed by atoms with Crippen LogP contribution >= 0.6 is 11.8 Å². The first kappa shape index (κ1) is 12.0. The minimum absolute atomic E-state index is 0.0967. The summed E-state index contributed by atoms with van der Waals surface area (Å²) in [5, 5.41) is 5.19. The summed E-state index contributed by atoms with van der Waals surface area (Å²) in [6.07, 6.45) is 1.90. The Labute approximate surface area is 112 Å². The van der Waals surface area contributed by atoms with E-state index in [0.29, 0.717) is 5.78 Å². The second kappa shape index (κ2) is 4.56. The number of nitrogens with one attached hydrogen (secondary N) is 1. The highest BCUT2D eigenvalue weighted by atomic mass is 32.2. The number of hydrazine groups is 1. The van der Waals surface area contributed by atoms with Gasteiger partial charge in [-0.2, -0.15) is 4.52 Å². The summed E-state index contributed by atoms with van der Waals surface area (Å²) < 4.78 is 3.48. The van der Waals surface area contributed by atoms with Gasteiger partial charge in [-0.15, -0.1) is 5.10 Å². The van der Waals surface area contributed by atoms with E-state index in [1.165, 1.54) is 11.8 Å². The fraction of sp³-hybridized carbons (Fsp3) is 0.182. The third-order valence-electron chi connectivity index (χ3n) is 2.82. The van der Waals surface area contributed by atoms with Crippen LogP contribution in [0.5, 0.6) is 0 Å². The van der Waals surface area contributed by atoms with E-state index in [2.05, 4.69) is 15.5 Å². The number of rotatable bonds is 3. The molecular formula is C11H12N6OS. The Morgan fingerprint density at radius 3 is 3.00 bits per heavy atom. The molecule has 3 N–H and O–H groups in total. The molecule has 0 aliphatic carbocycles. The first-order chi connectivity index (χ1) is 9.24. The Bertz CT molecular complexity index is 761. The lowest BCUT2D eigenvalue weighted by atomic mass is 10.3. The van der Waals surface area contributed by atoms with E-state index < -0.39 is 0 Å². The highest BCUT2D eigenvalue weighted by Gasteiger charge is 2.16. The molecule has 98 valence electrons. The monoisotopic (exact) mass is 276 g/mol. The molecule has 2 aromatic heterocycles. The Balaban J connectivity index is 2.25. The molecule has 7 nitrogen and oxygen atoms in total. The second-order valence-corrected chi connectivity index (χ2v) is 4.73. The lowest BCUT2D eigenvalue weighted by Crippen LogP contribution is -2.33. The zero-order chi connectivity index (χ0) is 13.4. The van der Waals surface area contributed by atoms with Crippen LogP contribution in [-0.4, -0.2) is 31.3 Å². The van der Waals surface area contributed by atoms with Gasteiger partial charge in [0.2, 0.25) is 5.78 Å². The van der Waals surface area contributed by atoms with Crippen LogP contribution in [0.4, 0.5) is 0 Å². The molecule has 0 spiro atoms. The lowest BCUT2D eigenvalue weighted by molar-refractivity contribution is -0.121. The molecule has 0 aliphatic rings. The fourth-order valence-corrected chi connectivity index (χ4v) is 2.51. The zero-order valence-corrected chi connectivity index (χ0v) is 11.0. The topological polar surface area (TPSA) is 90.2 Å². The average Bonchev–Trinajstić information content (AvgIpc) is 2.95. The van der Waals surface area contributed by atoms with E-state index in [-0.39, 0.29) is 12.5 Å². The standard InChI is InChI=1S/C11H12N6OS/c1-19-11-15-17-8-5-3-2-4-7(8)13-10(17)16(11)6-9(18)14-12/h2-5H,6,12H2,1H3,(H,14,18). The average molecular weight is 276 g/mol. The number of carbonyl (C=O) groups excluding carboxylic acids is 1. The van der Waals surface area contributed by atoms with Gasteiger partial charge in [-0.3, -0.25) is 14.8 Å².